The first kappa shape index (κ1) is 18.8. The van der Waals surface area contributed by atoms with E-state index in [1.54, 1.807) is 37.3 Å². The Hall–Kier alpha value is -2.50. The van der Waals surface area contributed by atoms with Gasteiger partial charge in [-0.05, 0) is 36.2 Å². The quantitative estimate of drug-likeness (QED) is 0.701. The van der Waals surface area contributed by atoms with Crippen LogP contribution in [0.3, 0.4) is 0 Å². The van der Waals surface area contributed by atoms with Gasteiger partial charge in [0.05, 0.1) is 25.7 Å². The monoisotopic (exact) mass is 352 g/mol. The maximum atomic E-state index is 13.0. The van der Waals surface area contributed by atoms with E-state index in [4.69, 9.17) is 9.47 Å². The molecule has 0 aliphatic carbocycles. The van der Waals surface area contributed by atoms with Gasteiger partial charge in [0, 0.05) is 5.92 Å². The van der Waals surface area contributed by atoms with E-state index in [0.717, 1.165) is 12.1 Å². The highest BCUT2D eigenvalue weighted by atomic mass is 19.4. The zero-order chi connectivity index (χ0) is 18.4. The third-order valence-corrected chi connectivity index (χ3v) is 3.81. The smallest absolute Gasteiger partial charge is 0.416 e. The highest BCUT2D eigenvalue weighted by Crippen LogP contribution is 2.35. The van der Waals surface area contributed by atoms with Crippen molar-refractivity contribution < 1.29 is 27.4 Å². The van der Waals surface area contributed by atoms with Gasteiger partial charge in [0.25, 0.3) is 0 Å². The molecule has 0 fully saturated rings. The van der Waals surface area contributed by atoms with Crippen LogP contribution in [0.5, 0.6) is 5.75 Å². The second kappa shape index (κ2) is 8.05. The fourth-order valence-corrected chi connectivity index (χ4v) is 2.58. The lowest BCUT2D eigenvalue weighted by Gasteiger charge is -2.19. The lowest BCUT2D eigenvalue weighted by Crippen LogP contribution is -2.13. The summed E-state index contributed by atoms with van der Waals surface area (Å²) in [6.07, 6.45) is -4.48. The molecule has 0 aliphatic rings. The SMILES string of the molecule is CCOC(=O)CC(c1ccc(OC)cc1)c1cccc(C(F)(F)F)c1. The van der Waals surface area contributed by atoms with Gasteiger partial charge in [0.2, 0.25) is 0 Å². The number of carbonyl (C=O) groups excluding carboxylic acids is 1. The summed E-state index contributed by atoms with van der Waals surface area (Å²) in [6.45, 7) is 1.90. The van der Waals surface area contributed by atoms with Gasteiger partial charge in [0.15, 0.2) is 0 Å². The van der Waals surface area contributed by atoms with Gasteiger partial charge in [0.1, 0.15) is 5.75 Å². The summed E-state index contributed by atoms with van der Waals surface area (Å²) in [5, 5.41) is 0. The minimum atomic E-state index is -4.44. The van der Waals surface area contributed by atoms with Crippen molar-refractivity contribution in [1.29, 1.82) is 0 Å². The van der Waals surface area contributed by atoms with Crippen LogP contribution in [0, 0.1) is 0 Å². The average Bonchev–Trinajstić information content (AvgIpc) is 2.59. The van der Waals surface area contributed by atoms with Crippen molar-refractivity contribution in [3.05, 3.63) is 65.2 Å². The van der Waals surface area contributed by atoms with Crippen LogP contribution < -0.4 is 4.74 Å². The summed E-state index contributed by atoms with van der Waals surface area (Å²) in [5.41, 5.74) is 0.383. The zero-order valence-corrected chi connectivity index (χ0v) is 14.0. The standard InChI is InChI=1S/C19H19F3O3/c1-3-25-18(23)12-17(13-7-9-16(24-2)10-8-13)14-5-4-6-15(11-14)19(20,21)22/h4-11,17H,3,12H2,1-2H3. The molecule has 0 bridgehead atoms. The van der Waals surface area contributed by atoms with Crippen LogP contribution >= 0.6 is 0 Å². The molecule has 134 valence electrons. The normalized spacial score (nSPS) is 12.5. The fraction of sp³-hybridized carbons (Fsp3) is 0.316. The Labute approximate surface area is 144 Å². The highest BCUT2D eigenvalue weighted by Gasteiger charge is 2.31. The Kier molecular flexibility index (Phi) is 6.07. The molecule has 0 spiro atoms. The van der Waals surface area contributed by atoms with Crippen LogP contribution in [0.2, 0.25) is 0 Å². The third-order valence-electron chi connectivity index (χ3n) is 3.81. The molecule has 0 saturated carbocycles. The Bertz CT molecular complexity index is 709. The molecule has 1 atom stereocenters. The number of rotatable bonds is 6. The molecule has 6 heteroatoms. The predicted molar refractivity (Wildman–Crippen MR) is 87.5 cm³/mol. The topological polar surface area (TPSA) is 35.5 Å². The van der Waals surface area contributed by atoms with E-state index in [1.165, 1.54) is 13.2 Å². The lowest BCUT2D eigenvalue weighted by molar-refractivity contribution is -0.143. The summed E-state index contributed by atoms with van der Waals surface area (Å²) in [6, 6.07) is 11.9. The molecule has 2 aromatic carbocycles. The van der Waals surface area contributed by atoms with Crippen molar-refractivity contribution in [2.45, 2.75) is 25.4 Å². The van der Waals surface area contributed by atoms with Gasteiger partial charge in [-0.2, -0.15) is 13.2 Å². The molecule has 0 aliphatic heterocycles. The third kappa shape index (κ3) is 4.98. The van der Waals surface area contributed by atoms with Crippen molar-refractivity contribution in [1.82, 2.24) is 0 Å². The van der Waals surface area contributed by atoms with Gasteiger partial charge >= 0.3 is 12.1 Å². The number of esters is 1. The number of halogens is 3. The summed E-state index contributed by atoms with van der Waals surface area (Å²) < 4.78 is 49.1. The van der Waals surface area contributed by atoms with Crippen molar-refractivity contribution >= 4 is 5.97 Å². The van der Waals surface area contributed by atoms with Gasteiger partial charge in [-0.15, -0.1) is 0 Å². The zero-order valence-electron chi connectivity index (χ0n) is 14.0. The second-order valence-corrected chi connectivity index (χ2v) is 5.46. The number of alkyl halides is 3. The van der Waals surface area contributed by atoms with Crippen LogP contribution in [-0.4, -0.2) is 19.7 Å². The Balaban J connectivity index is 2.41. The van der Waals surface area contributed by atoms with Crippen molar-refractivity contribution in [3.8, 4) is 5.75 Å². The van der Waals surface area contributed by atoms with E-state index < -0.39 is 23.6 Å². The van der Waals surface area contributed by atoms with Crippen LogP contribution in [0.1, 0.15) is 36.0 Å². The molecule has 0 radical (unpaired) electrons. The van der Waals surface area contributed by atoms with Gasteiger partial charge < -0.3 is 9.47 Å². The Morgan fingerprint density at radius 3 is 2.32 bits per heavy atom. The highest BCUT2D eigenvalue weighted by molar-refractivity contribution is 5.71. The Morgan fingerprint density at radius 2 is 1.76 bits per heavy atom. The summed E-state index contributed by atoms with van der Waals surface area (Å²) in [4.78, 5) is 11.9. The first-order valence-corrected chi connectivity index (χ1v) is 7.82. The molecule has 0 heterocycles. The van der Waals surface area contributed by atoms with E-state index in [-0.39, 0.29) is 13.0 Å². The molecule has 2 rings (SSSR count). The maximum Gasteiger partial charge on any atom is 0.416 e. The van der Waals surface area contributed by atoms with E-state index in [2.05, 4.69) is 0 Å². The molecule has 2 aromatic rings. The largest absolute Gasteiger partial charge is 0.497 e. The minimum Gasteiger partial charge on any atom is -0.497 e. The molecule has 0 saturated heterocycles. The maximum absolute atomic E-state index is 13.0. The first-order chi connectivity index (χ1) is 11.8. The van der Waals surface area contributed by atoms with E-state index >= 15 is 0 Å². The van der Waals surface area contributed by atoms with Gasteiger partial charge in [-0.25, -0.2) is 0 Å². The number of hydrogen-bond donors (Lipinski definition) is 0. The molecular weight excluding hydrogens is 333 g/mol. The summed E-state index contributed by atoms with van der Waals surface area (Å²) in [7, 11) is 1.53. The molecule has 1 unspecified atom stereocenters. The number of benzene rings is 2. The lowest BCUT2D eigenvalue weighted by atomic mass is 9.87. The van der Waals surface area contributed by atoms with Gasteiger partial charge in [-0.1, -0.05) is 30.3 Å². The fourth-order valence-electron chi connectivity index (χ4n) is 2.58. The molecule has 0 N–H and O–H groups in total. The molecule has 25 heavy (non-hydrogen) atoms. The molecule has 0 amide bonds. The van der Waals surface area contributed by atoms with Crippen LogP contribution in [-0.2, 0) is 15.7 Å². The molecular formula is C19H19F3O3. The predicted octanol–water partition coefficient (Wildman–Crippen LogP) is 4.80. The van der Waals surface area contributed by atoms with E-state index in [0.29, 0.717) is 16.9 Å². The minimum absolute atomic E-state index is 0.0402. The van der Waals surface area contributed by atoms with Crippen LogP contribution in [0.25, 0.3) is 0 Å². The van der Waals surface area contributed by atoms with Gasteiger partial charge in [-0.3, -0.25) is 4.79 Å². The van der Waals surface area contributed by atoms with Crippen molar-refractivity contribution in [2.24, 2.45) is 0 Å². The van der Waals surface area contributed by atoms with Crippen LogP contribution in [0.4, 0.5) is 13.2 Å². The van der Waals surface area contributed by atoms with Crippen molar-refractivity contribution in [3.63, 3.8) is 0 Å². The number of methoxy groups -OCH3 is 1. The number of carbonyl (C=O) groups is 1. The van der Waals surface area contributed by atoms with Crippen molar-refractivity contribution in [2.75, 3.05) is 13.7 Å². The summed E-state index contributed by atoms with van der Waals surface area (Å²) >= 11 is 0. The Morgan fingerprint density at radius 1 is 1.08 bits per heavy atom. The molecule has 0 aromatic heterocycles. The van der Waals surface area contributed by atoms with Crippen LogP contribution in [0.15, 0.2) is 48.5 Å². The number of hydrogen-bond acceptors (Lipinski definition) is 3. The number of ether oxygens (including phenoxy) is 2. The first-order valence-electron chi connectivity index (χ1n) is 7.82. The van der Waals surface area contributed by atoms with E-state index in [9.17, 15) is 18.0 Å². The molecule has 3 nitrogen and oxygen atoms in total. The average molecular weight is 352 g/mol. The summed E-state index contributed by atoms with van der Waals surface area (Å²) in [5.74, 6) is -0.365. The van der Waals surface area contributed by atoms with E-state index in [1.807, 2.05) is 0 Å². The second-order valence-electron chi connectivity index (χ2n) is 5.46.